The summed E-state index contributed by atoms with van der Waals surface area (Å²) < 4.78 is 5.97. The van der Waals surface area contributed by atoms with Crippen LogP contribution in [0.5, 0.6) is 0 Å². The van der Waals surface area contributed by atoms with E-state index >= 15 is 0 Å². The van der Waals surface area contributed by atoms with Crippen LogP contribution in [0.2, 0.25) is 0 Å². The van der Waals surface area contributed by atoms with Gasteiger partial charge in [0.15, 0.2) is 0 Å². The molecule has 2 amide bonds. The Morgan fingerprint density at radius 1 is 1.10 bits per heavy atom. The molecule has 1 atom stereocenters. The molecular formula is C15H26N2O4. The zero-order valence-electron chi connectivity index (χ0n) is 13.5. The topological polar surface area (TPSA) is 70.1 Å². The quantitative estimate of drug-likeness (QED) is 0.841. The predicted octanol–water partition coefficient (Wildman–Crippen LogP) is 1.65. The first kappa shape index (κ1) is 16.1. The molecule has 6 heteroatoms. The molecule has 120 valence electrons. The normalized spacial score (nSPS) is 26.1. The Bertz CT molecular complexity index is 425. The van der Waals surface area contributed by atoms with Crippen LogP contribution in [-0.4, -0.2) is 64.3 Å². The van der Waals surface area contributed by atoms with E-state index in [0.29, 0.717) is 26.2 Å². The molecule has 21 heavy (non-hydrogen) atoms. The molecule has 0 aromatic heterocycles. The van der Waals surface area contributed by atoms with E-state index in [-0.39, 0.29) is 23.2 Å². The van der Waals surface area contributed by atoms with Gasteiger partial charge in [-0.05, 0) is 27.7 Å². The number of hydrogen-bond donors (Lipinski definition) is 1. The Kier molecular flexibility index (Phi) is 3.95. The minimum atomic E-state index is -0.791. The largest absolute Gasteiger partial charge is 0.481 e. The van der Waals surface area contributed by atoms with Gasteiger partial charge < -0.3 is 19.6 Å². The fourth-order valence-electron chi connectivity index (χ4n) is 3.31. The van der Waals surface area contributed by atoms with Crippen LogP contribution in [0, 0.1) is 11.8 Å². The summed E-state index contributed by atoms with van der Waals surface area (Å²) in [4.78, 5) is 27.1. The number of hydrogen-bond acceptors (Lipinski definition) is 3. The van der Waals surface area contributed by atoms with Crippen LogP contribution in [0.15, 0.2) is 0 Å². The highest BCUT2D eigenvalue weighted by Crippen LogP contribution is 2.31. The van der Waals surface area contributed by atoms with Crippen LogP contribution < -0.4 is 0 Å². The van der Waals surface area contributed by atoms with Crippen molar-refractivity contribution in [1.82, 2.24) is 9.80 Å². The maximum absolute atomic E-state index is 12.5. The van der Waals surface area contributed by atoms with Gasteiger partial charge >= 0.3 is 12.0 Å². The Morgan fingerprint density at radius 3 is 2.00 bits per heavy atom. The average molecular weight is 298 g/mol. The van der Waals surface area contributed by atoms with Gasteiger partial charge in [0.05, 0.1) is 30.2 Å². The van der Waals surface area contributed by atoms with Gasteiger partial charge in [-0.2, -0.15) is 0 Å². The first-order valence-corrected chi connectivity index (χ1v) is 7.48. The van der Waals surface area contributed by atoms with Crippen molar-refractivity contribution in [3.8, 4) is 0 Å². The third-order valence-corrected chi connectivity index (χ3v) is 4.24. The zero-order valence-corrected chi connectivity index (χ0v) is 13.5. The van der Waals surface area contributed by atoms with E-state index in [4.69, 9.17) is 9.84 Å². The van der Waals surface area contributed by atoms with E-state index in [2.05, 4.69) is 0 Å². The summed E-state index contributed by atoms with van der Waals surface area (Å²) >= 11 is 0. The van der Waals surface area contributed by atoms with Crippen molar-refractivity contribution in [3.63, 3.8) is 0 Å². The third-order valence-electron chi connectivity index (χ3n) is 4.24. The summed E-state index contributed by atoms with van der Waals surface area (Å²) in [5.41, 5.74) is -0.730. The van der Waals surface area contributed by atoms with Crippen LogP contribution in [0.4, 0.5) is 4.79 Å². The van der Waals surface area contributed by atoms with Gasteiger partial charge in [0.2, 0.25) is 0 Å². The Morgan fingerprint density at radius 2 is 1.57 bits per heavy atom. The number of carboxylic acid groups (broad SMARTS) is 1. The number of carbonyl (C=O) groups is 2. The predicted molar refractivity (Wildman–Crippen MR) is 78.1 cm³/mol. The van der Waals surface area contributed by atoms with Crippen molar-refractivity contribution in [3.05, 3.63) is 0 Å². The second kappa shape index (κ2) is 5.16. The summed E-state index contributed by atoms with van der Waals surface area (Å²) in [6, 6.07) is -0.00621. The number of nitrogens with zero attached hydrogens (tertiary/aromatic N) is 2. The molecule has 0 spiro atoms. The number of morpholine rings is 1. The summed E-state index contributed by atoms with van der Waals surface area (Å²) in [6.45, 7) is 11.8. The van der Waals surface area contributed by atoms with E-state index in [1.165, 1.54) is 0 Å². The minimum Gasteiger partial charge on any atom is -0.481 e. The Balaban J connectivity index is 1.94. The molecule has 0 aliphatic carbocycles. The van der Waals surface area contributed by atoms with Crippen molar-refractivity contribution in [2.24, 2.45) is 11.8 Å². The van der Waals surface area contributed by atoms with Crippen LogP contribution in [0.25, 0.3) is 0 Å². The highest BCUT2D eigenvalue weighted by molar-refractivity contribution is 5.76. The summed E-state index contributed by atoms with van der Waals surface area (Å²) in [5, 5.41) is 9.00. The van der Waals surface area contributed by atoms with Gasteiger partial charge in [-0.15, -0.1) is 0 Å². The SMILES string of the molecule is CC(C(=O)O)C1CN(C(=O)N2CC(C)(C)OC(C)(C)C2)C1. The summed E-state index contributed by atoms with van der Waals surface area (Å²) in [7, 11) is 0. The van der Waals surface area contributed by atoms with Crippen molar-refractivity contribution in [2.45, 2.75) is 45.8 Å². The van der Waals surface area contributed by atoms with E-state index in [0.717, 1.165) is 0 Å². The fourth-order valence-corrected chi connectivity index (χ4v) is 3.31. The lowest BCUT2D eigenvalue weighted by Crippen LogP contribution is -2.64. The number of carboxylic acids is 1. The van der Waals surface area contributed by atoms with Gasteiger partial charge in [0, 0.05) is 19.0 Å². The molecule has 6 nitrogen and oxygen atoms in total. The van der Waals surface area contributed by atoms with Crippen molar-refractivity contribution >= 4 is 12.0 Å². The molecule has 0 aromatic carbocycles. The van der Waals surface area contributed by atoms with Gasteiger partial charge in [0.25, 0.3) is 0 Å². The lowest BCUT2D eigenvalue weighted by atomic mass is 9.87. The maximum atomic E-state index is 12.5. The van der Waals surface area contributed by atoms with E-state index in [1.807, 2.05) is 32.6 Å². The number of likely N-dealkylation sites (tertiary alicyclic amines) is 1. The standard InChI is InChI=1S/C15H26N2O4/c1-10(12(18)19)11-6-16(7-11)13(20)17-8-14(2,3)21-15(4,5)9-17/h10-11H,6-9H2,1-5H3,(H,18,19). The first-order chi connectivity index (χ1) is 9.51. The van der Waals surface area contributed by atoms with E-state index in [9.17, 15) is 9.59 Å². The molecule has 0 radical (unpaired) electrons. The first-order valence-electron chi connectivity index (χ1n) is 7.48. The minimum absolute atomic E-state index is 0.00621. The molecule has 0 saturated carbocycles. The highest BCUT2D eigenvalue weighted by atomic mass is 16.5. The molecule has 2 aliphatic rings. The van der Waals surface area contributed by atoms with Crippen molar-refractivity contribution in [1.29, 1.82) is 0 Å². The van der Waals surface area contributed by atoms with E-state index in [1.54, 1.807) is 11.8 Å². The van der Waals surface area contributed by atoms with Crippen LogP contribution >= 0.6 is 0 Å². The van der Waals surface area contributed by atoms with Gasteiger partial charge in [0.1, 0.15) is 0 Å². The number of amides is 2. The molecule has 2 rings (SSSR count). The monoisotopic (exact) mass is 298 g/mol. The molecule has 1 N–H and O–H groups in total. The molecule has 2 fully saturated rings. The molecule has 2 heterocycles. The molecule has 0 bridgehead atoms. The summed E-state index contributed by atoms with van der Waals surface area (Å²) in [5.74, 6) is -1.12. The van der Waals surface area contributed by atoms with Crippen molar-refractivity contribution < 1.29 is 19.4 Å². The Labute approximate surface area is 126 Å². The number of urea groups is 1. The zero-order chi connectivity index (χ0) is 16.0. The van der Waals surface area contributed by atoms with Crippen LogP contribution in [0.1, 0.15) is 34.6 Å². The maximum Gasteiger partial charge on any atom is 0.320 e. The third kappa shape index (κ3) is 3.48. The smallest absolute Gasteiger partial charge is 0.320 e. The molecule has 0 aromatic rings. The molecular weight excluding hydrogens is 272 g/mol. The molecule has 2 saturated heterocycles. The highest BCUT2D eigenvalue weighted by Gasteiger charge is 2.44. The molecule has 2 aliphatic heterocycles. The van der Waals surface area contributed by atoms with Gasteiger partial charge in [-0.1, -0.05) is 6.92 Å². The molecule has 1 unspecified atom stereocenters. The number of aliphatic carboxylic acids is 1. The van der Waals surface area contributed by atoms with Crippen molar-refractivity contribution in [2.75, 3.05) is 26.2 Å². The van der Waals surface area contributed by atoms with Crippen LogP contribution in [-0.2, 0) is 9.53 Å². The summed E-state index contributed by atoms with van der Waals surface area (Å²) in [6.07, 6.45) is 0. The Hall–Kier alpha value is -1.30. The number of rotatable bonds is 2. The average Bonchev–Trinajstić information content (AvgIpc) is 2.21. The second-order valence-corrected chi connectivity index (χ2v) is 7.55. The lowest BCUT2D eigenvalue weighted by Gasteiger charge is -2.50. The van der Waals surface area contributed by atoms with Crippen LogP contribution in [0.3, 0.4) is 0 Å². The van der Waals surface area contributed by atoms with Gasteiger partial charge in [-0.3, -0.25) is 4.79 Å². The number of carbonyl (C=O) groups excluding carboxylic acids is 1. The lowest BCUT2D eigenvalue weighted by molar-refractivity contribution is -0.173. The second-order valence-electron chi connectivity index (χ2n) is 7.55. The fraction of sp³-hybridized carbons (Fsp3) is 0.867. The van der Waals surface area contributed by atoms with Gasteiger partial charge in [-0.25, -0.2) is 4.79 Å². The number of ether oxygens (including phenoxy) is 1. The van der Waals surface area contributed by atoms with E-state index < -0.39 is 11.9 Å².